The molecule has 0 spiro atoms. The summed E-state index contributed by atoms with van der Waals surface area (Å²) in [5.74, 6) is 1.37. The predicted molar refractivity (Wildman–Crippen MR) is 114 cm³/mol. The molecule has 160 valence electrons. The minimum Gasteiger partial charge on any atom is -0.493 e. The molecule has 0 heterocycles. The van der Waals surface area contributed by atoms with E-state index in [0.29, 0.717) is 23.6 Å². The lowest BCUT2D eigenvalue weighted by Gasteiger charge is -2.41. The van der Waals surface area contributed by atoms with Crippen LogP contribution in [-0.2, 0) is 9.63 Å². The van der Waals surface area contributed by atoms with Crippen molar-refractivity contribution in [3.63, 3.8) is 0 Å². The predicted octanol–water partition coefficient (Wildman–Crippen LogP) is 4.55. The molecule has 1 amide bonds. The maximum Gasteiger partial charge on any atom is 0.263 e. The van der Waals surface area contributed by atoms with E-state index in [1.165, 1.54) is 38.5 Å². The van der Waals surface area contributed by atoms with Gasteiger partial charge in [0.05, 0.1) is 20.4 Å². The number of hydrogen-bond donors (Lipinski definition) is 0. The maximum atomic E-state index is 13.0. The number of benzene rings is 1. The van der Waals surface area contributed by atoms with Gasteiger partial charge in [0, 0.05) is 17.6 Å². The molecule has 2 aliphatic rings. The Morgan fingerprint density at radius 2 is 1.55 bits per heavy atom. The Labute approximate surface area is 174 Å². The van der Waals surface area contributed by atoms with E-state index < -0.39 is 0 Å². The molecule has 0 aromatic heterocycles. The average Bonchev–Trinajstić information content (AvgIpc) is 2.78. The Hall–Kier alpha value is -2.24. The molecule has 6 heteroatoms. The van der Waals surface area contributed by atoms with E-state index in [1.54, 1.807) is 20.4 Å². The van der Waals surface area contributed by atoms with Gasteiger partial charge < -0.3 is 19.2 Å². The molecular formula is C23H34N2O4. The zero-order chi connectivity index (χ0) is 20.5. The number of oxime groups is 1. The number of amides is 1. The summed E-state index contributed by atoms with van der Waals surface area (Å²) in [5.41, 5.74) is 0.825. The standard InChI is InChI=1S/C23H34N2O4/c1-27-21-14-13-18(15-22(21)28-2)16-24-29-17-23(26)25(19-9-5-3-6-10-19)20-11-7-4-8-12-20/h13-16,19-20H,3-12,17H2,1-2H3/b24-16+. The van der Waals surface area contributed by atoms with Gasteiger partial charge in [-0.25, -0.2) is 0 Å². The number of nitrogens with zero attached hydrogens (tertiary/aromatic N) is 2. The first-order chi connectivity index (χ1) is 14.2. The zero-order valence-electron chi connectivity index (χ0n) is 17.8. The van der Waals surface area contributed by atoms with Crippen LogP contribution in [0.3, 0.4) is 0 Å². The highest BCUT2D eigenvalue weighted by molar-refractivity contribution is 5.81. The summed E-state index contributed by atoms with van der Waals surface area (Å²) in [6.07, 6.45) is 13.5. The normalized spacial score (nSPS) is 18.6. The minimum absolute atomic E-state index is 0.00318. The third kappa shape index (κ3) is 5.87. The molecule has 0 N–H and O–H groups in total. The third-order valence-electron chi connectivity index (χ3n) is 6.10. The molecule has 0 bridgehead atoms. The third-order valence-corrected chi connectivity index (χ3v) is 6.10. The molecule has 1 aromatic carbocycles. The van der Waals surface area contributed by atoms with Gasteiger partial charge >= 0.3 is 0 Å². The van der Waals surface area contributed by atoms with Crippen molar-refractivity contribution in [2.45, 2.75) is 76.3 Å². The fourth-order valence-corrected chi connectivity index (χ4v) is 4.62. The summed E-state index contributed by atoms with van der Waals surface area (Å²) in [6.45, 7) is -0.00318. The largest absolute Gasteiger partial charge is 0.493 e. The number of methoxy groups -OCH3 is 2. The fourth-order valence-electron chi connectivity index (χ4n) is 4.62. The van der Waals surface area contributed by atoms with Crippen molar-refractivity contribution in [3.05, 3.63) is 23.8 Å². The van der Waals surface area contributed by atoms with E-state index in [1.807, 2.05) is 18.2 Å². The smallest absolute Gasteiger partial charge is 0.263 e. The quantitative estimate of drug-likeness (QED) is 0.473. The number of rotatable bonds is 8. The number of ether oxygens (including phenoxy) is 2. The van der Waals surface area contributed by atoms with Gasteiger partial charge in [-0.3, -0.25) is 4.79 Å². The average molecular weight is 403 g/mol. The van der Waals surface area contributed by atoms with Crippen molar-refractivity contribution < 1.29 is 19.1 Å². The highest BCUT2D eigenvalue weighted by atomic mass is 16.6. The van der Waals surface area contributed by atoms with Gasteiger partial charge in [-0.05, 0) is 43.9 Å². The molecule has 0 radical (unpaired) electrons. The molecule has 3 rings (SSSR count). The lowest BCUT2D eigenvalue weighted by atomic mass is 9.88. The Kier molecular flexibility index (Phi) is 8.20. The SMILES string of the molecule is COc1ccc(/C=N/OCC(=O)N(C2CCCCC2)C2CCCCC2)cc1OC. The van der Waals surface area contributed by atoms with Gasteiger partial charge in [0.1, 0.15) is 0 Å². The lowest BCUT2D eigenvalue weighted by Crippen LogP contribution is -2.50. The summed E-state index contributed by atoms with van der Waals surface area (Å²) in [4.78, 5) is 20.6. The van der Waals surface area contributed by atoms with Crippen molar-refractivity contribution in [1.82, 2.24) is 4.90 Å². The van der Waals surface area contributed by atoms with E-state index in [-0.39, 0.29) is 12.5 Å². The summed E-state index contributed by atoms with van der Waals surface area (Å²) in [7, 11) is 3.20. The monoisotopic (exact) mass is 402 g/mol. The molecule has 6 nitrogen and oxygen atoms in total. The summed E-state index contributed by atoms with van der Waals surface area (Å²) in [6, 6.07) is 6.26. The minimum atomic E-state index is -0.00318. The first-order valence-electron chi connectivity index (χ1n) is 10.9. The molecule has 2 aliphatic carbocycles. The van der Waals surface area contributed by atoms with Crippen molar-refractivity contribution in [3.8, 4) is 11.5 Å². The van der Waals surface area contributed by atoms with Crippen LogP contribution in [0, 0.1) is 0 Å². The summed E-state index contributed by atoms with van der Waals surface area (Å²) < 4.78 is 10.5. The van der Waals surface area contributed by atoms with Gasteiger partial charge in [0.25, 0.3) is 5.91 Å². The van der Waals surface area contributed by atoms with Gasteiger partial charge in [-0.1, -0.05) is 43.7 Å². The van der Waals surface area contributed by atoms with Gasteiger partial charge in [0.15, 0.2) is 18.1 Å². The summed E-state index contributed by atoms with van der Waals surface area (Å²) >= 11 is 0. The van der Waals surface area contributed by atoms with Crippen LogP contribution in [-0.4, -0.2) is 49.9 Å². The van der Waals surface area contributed by atoms with Gasteiger partial charge in [0.2, 0.25) is 0 Å². The molecule has 2 saturated carbocycles. The van der Waals surface area contributed by atoms with E-state index in [4.69, 9.17) is 14.3 Å². The van der Waals surface area contributed by atoms with Crippen molar-refractivity contribution in [1.29, 1.82) is 0 Å². The second-order valence-corrected chi connectivity index (χ2v) is 8.01. The molecule has 29 heavy (non-hydrogen) atoms. The highest BCUT2D eigenvalue weighted by Crippen LogP contribution is 2.30. The summed E-state index contributed by atoms with van der Waals surface area (Å²) in [5, 5.41) is 4.02. The highest BCUT2D eigenvalue weighted by Gasteiger charge is 2.32. The van der Waals surface area contributed by atoms with Crippen LogP contribution >= 0.6 is 0 Å². The van der Waals surface area contributed by atoms with E-state index in [9.17, 15) is 4.79 Å². The van der Waals surface area contributed by atoms with Crippen molar-refractivity contribution in [2.24, 2.45) is 5.16 Å². The zero-order valence-corrected chi connectivity index (χ0v) is 17.8. The van der Waals surface area contributed by atoms with Crippen LogP contribution in [0.1, 0.15) is 69.8 Å². The number of carbonyl (C=O) groups is 1. The van der Waals surface area contributed by atoms with Crippen molar-refractivity contribution in [2.75, 3.05) is 20.8 Å². The van der Waals surface area contributed by atoms with E-state index in [2.05, 4.69) is 10.1 Å². The molecule has 2 fully saturated rings. The first kappa shape index (κ1) is 21.5. The van der Waals surface area contributed by atoms with Gasteiger partial charge in [-0.15, -0.1) is 0 Å². The Bertz CT molecular complexity index is 661. The van der Waals surface area contributed by atoms with Crippen LogP contribution in [0.5, 0.6) is 11.5 Å². The van der Waals surface area contributed by atoms with E-state index in [0.717, 1.165) is 31.2 Å². The second kappa shape index (κ2) is 11.1. The molecule has 0 unspecified atom stereocenters. The number of carbonyl (C=O) groups excluding carboxylic acids is 1. The molecule has 1 aromatic rings. The Morgan fingerprint density at radius 3 is 2.10 bits per heavy atom. The van der Waals surface area contributed by atoms with Gasteiger partial charge in [-0.2, -0.15) is 0 Å². The molecule has 0 atom stereocenters. The van der Waals surface area contributed by atoms with Crippen molar-refractivity contribution >= 4 is 12.1 Å². The Balaban J connectivity index is 1.58. The van der Waals surface area contributed by atoms with Crippen LogP contribution in [0.15, 0.2) is 23.4 Å². The number of hydrogen-bond acceptors (Lipinski definition) is 5. The molecule has 0 aliphatic heterocycles. The topological polar surface area (TPSA) is 60.4 Å². The van der Waals surface area contributed by atoms with Crippen LogP contribution < -0.4 is 9.47 Å². The molecule has 0 saturated heterocycles. The second-order valence-electron chi connectivity index (χ2n) is 8.01. The fraction of sp³-hybridized carbons (Fsp3) is 0.652. The maximum absolute atomic E-state index is 13.0. The van der Waals surface area contributed by atoms with Crippen LogP contribution in [0.2, 0.25) is 0 Å². The van der Waals surface area contributed by atoms with Crippen LogP contribution in [0.4, 0.5) is 0 Å². The lowest BCUT2D eigenvalue weighted by molar-refractivity contribution is -0.143. The molecular weight excluding hydrogens is 368 g/mol. The van der Waals surface area contributed by atoms with E-state index >= 15 is 0 Å². The first-order valence-corrected chi connectivity index (χ1v) is 10.9. The Morgan fingerprint density at radius 1 is 0.966 bits per heavy atom. The van der Waals surface area contributed by atoms with Crippen LogP contribution in [0.25, 0.3) is 0 Å².